The molecule has 7 heteroatoms. The number of aliphatic hydroxyl groups is 1. The number of anilines is 2. The van der Waals surface area contributed by atoms with Crippen LogP contribution >= 0.6 is 0 Å². The van der Waals surface area contributed by atoms with Gasteiger partial charge in [0, 0.05) is 18.5 Å². The van der Waals surface area contributed by atoms with Gasteiger partial charge in [-0.2, -0.15) is 0 Å². The average molecular weight is 296 g/mol. The molecule has 0 aliphatic carbocycles. The van der Waals surface area contributed by atoms with E-state index in [1.807, 2.05) is 20.8 Å². The van der Waals surface area contributed by atoms with Crippen LogP contribution in [-0.2, 0) is 0 Å². The molecule has 0 aliphatic rings. The van der Waals surface area contributed by atoms with Crippen molar-refractivity contribution in [2.75, 3.05) is 30.3 Å². The van der Waals surface area contributed by atoms with Crippen molar-refractivity contribution >= 4 is 17.3 Å². The second-order valence-corrected chi connectivity index (χ2v) is 5.10. The fraction of sp³-hybridized carbons (Fsp3) is 0.643. The first-order valence-electron chi connectivity index (χ1n) is 7.25. The number of aromatic nitrogens is 1. The Balaban J connectivity index is 2.93. The molecule has 1 aromatic heterocycles. The molecule has 0 radical (unpaired) electrons. The normalized spacial score (nSPS) is 11.2. The highest BCUT2D eigenvalue weighted by molar-refractivity contribution is 5.54. The molecule has 7 nitrogen and oxygen atoms in total. The number of nitro groups is 1. The number of nitrogens with zero attached hydrogens (tertiary/aromatic N) is 2. The van der Waals surface area contributed by atoms with Crippen molar-refractivity contribution in [3.05, 3.63) is 22.2 Å². The first-order valence-corrected chi connectivity index (χ1v) is 7.25. The lowest BCUT2D eigenvalue weighted by Crippen LogP contribution is -2.32. The van der Waals surface area contributed by atoms with E-state index >= 15 is 0 Å². The van der Waals surface area contributed by atoms with Gasteiger partial charge >= 0.3 is 0 Å². The summed E-state index contributed by atoms with van der Waals surface area (Å²) in [4.78, 5) is 14.8. The number of hydrogen-bond acceptors (Lipinski definition) is 6. The minimum absolute atomic E-state index is 0.00829. The lowest BCUT2D eigenvalue weighted by molar-refractivity contribution is -0.384. The first-order chi connectivity index (χ1) is 10.00. The summed E-state index contributed by atoms with van der Waals surface area (Å²) in [5.41, 5.74) is -0.240. The molecule has 0 fully saturated rings. The fourth-order valence-corrected chi connectivity index (χ4v) is 2.04. The molecule has 0 spiro atoms. The number of nitrogens with one attached hydrogen (secondary N) is 2. The molecule has 0 atom stereocenters. The van der Waals surface area contributed by atoms with E-state index in [1.54, 1.807) is 0 Å². The van der Waals surface area contributed by atoms with Crippen molar-refractivity contribution < 1.29 is 10.0 Å². The second kappa shape index (κ2) is 7.78. The van der Waals surface area contributed by atoms with Gasteiger partial charge in [0.15, 0.2) is 0 Å². The third kappa shape index (κ3) is 4.56. The molecule has 0 saturated heterocycles. The van der Waals surface area contributed by atoms with Gasteiger partial charge < -0.3 is 15.7 Å². The Morgan fingerprint density at radius 1 is 1.24 bits per heavy atom. The lowest BCUT2D eigenvalue weighted by atomic mass is 9.83. The SMILES string of the molecule is CCNc1cc([N+](=O)[O-])cc(NCC(CC)(CC)CO)n1. The summed E-state index contributed by atoms with van der Waals surface area (Å²) < 4.78 is 0. The third-order valence-corrected chi connectivity index (χ3v) is 3.86. The largest absolute Gasteiger partial charge is 0.396 e. The molecular formula is C14H24N4O3. The van der Waals surface area contributed by atoms with Crippen molar-refractivity contribution in [3.8, 4) is 0 Å². The maximum atomic E-state index is 11.0. The van der Waals surface area contributed by atoms with E-state index in [1.165, 1.54) is 12.1 Å². The van der Waals surface area contributed by atoms with Crippen LogP contribution in [0.15, 0.2) is 12.1 Å². The van der Waals surface area contributed by atoms with Gasteiger partial charge in [0.05, 0.1) is 23.7 Å². The van der Waals surface area contributed by atoms with E-state index < -0.39 is 4.92 Å². The zero-order valence-corrected chi connectivity index (χ0v) is 12.8. The molecule has 0 aliphatic heterocycles. The maximum Gasteiger partial charge on any atom is 0.276 e. The molecule has 0 aromatic carbocycles. The van der Waals surface area contributed by atoms with Crippen LogP contribution < -0.4 is 10.6 Å². The first kappa shape index (κ1) is 17.2. The van der Waals surface area contributed by atoms with Crippen LogP contribution in [-0.4, -0.2) is 34.7 Å². The van der Waals surface area contributed by atoms with Crippen LogP contribution in [0.4, 0.5) is 17.3 Å². The van der Waals surface area contributed by atoms with E-state index in [0.717, 1.165) is 12.8 Å². The van der Waals surface area contributed by atoms with Crippen LogP contribution in [0, 0.1) is 15.5 Å². The summed E-state index contributed by atoms with van der Waals surface area (Å²) >= 11 is 0. The van der Waals surface area contributed by atoms with E-state index in [0.29, 0.717) is 24.7 Å². The number of pyridine rings is 1. The standard InChI is InChI=1S/C14H24N4O3/c1-4-14(5-2,10-19)9-16-13-8-11(18(20)21)7-12(17-13)15-6-3/h7-8,19H,4-6,9-10H2,1-3H3,(H2,15,16,17). The van der Waals surface area contributed by atoms with Gasteiger partial charge in [-0.15, -0.1) is 0 Å². The van der Waals surface area contributed by atoms with Crippen molar-refractivity contribution in [3.63, 3.8) is 0 Å². The van der Waals surface area contributed by atoms with Gasteiger partial charge in [0.1, 0.15) is 11.6 Å². The number of hydrogen-bond donors (Lipinski definition) is 3. The summed E-state index contributed by atoms with van der Waals surface area (Å²) in [5, 5.41) is 26.6. The van der Waals surface area contributed by atoms with Crippen LogP contribution in [0.1, 0.15) is 33.6 Å². The van der Waals surface area contributed by atoms with Crippen LogP contribution in [0.2, 0.25) is 0 Å². The van der Waals surface area contributed by atoms with Crippen molar-refractivity contribution in [2.45, 2.75) is 33.6 Å². The topological polar surface area (TPSA) is 100 Å². The van der Waals surface area contributed by atoms with E-state index in [4.69, 9.17) is 0 Å². The molecule has 3 N–H and O–H groups in total. The smallest absolute Gasteiger partial charge is 0.276 e. The summed E-state index contributed by atoms with van der Waals surface area (Å²) in [5.74, 6) is 0.914. The Hall–Kier alpha value is -1.89. The Labute approximate surface area is 124 Å². The Morgan fingerprint density at radius 3 is 2.24 bits per heavy atom. The highest BCUT2D eigenvalue weighted by atomic mass is 16.6. The van der Waals surface area contributed by atoms with Gasteiger partial charge in [-0.05, 0) is 19.8 Å². The Morgan fingerprint density at radius 2 is 1.81 bits per heavy atom. The van der Waals surface area contributed by atoms with Crippen molar-refractivity contribution in [1.82, 2.24) is 4.98 Å². The number of rotatable bonds is 9. The van der Waals surface area contributed by atoms with E-state index in [2.05, 4.69) is 15.6 Å². The van der Waals surface area contributed by atoms with Gasteiger partial charge in [-0.3, -0.25) is 10.1 Å². The lowest BCUT2D eigenvalue weighted by Gasteiger charge is -2.29. The maximum absolute atomic E-state index is 11.0. The second-order valence-electron chi connectivity index (χ2n) is 5.10. The molecule has 0 saturated carbocycles. The van der Waals surface area contributed by atoms with E-state index in [-0.39, 0.29) is 17.7 Å². The molecule has 0 amide bonds. The average Bonchev–Trinajstić information content (AvgIpc) is 2.49. The van der Waals surface area contributed by atoms with Gasteiger partial charge in [0.25, 0.3) is 5.69 Å². The Bertz CT molecular complexity index is 467. The van der Waals surface area contributed by atoms with Gasteiger partial charge in [-0.25, -0.2) is 4.98 Å². The molecular weight excluding hydrogens is 272 g/mol. The predicted molar refractivity (Wildman–Crippen MR) is 83.6 cm³/mol. The molecule has 21 heavy (non-hydrogen) atoms. The minimum Gasteiger partial charge on any atom is -0.396 e. The zero-order chi connectivity index (χ0) is 15.9. The van der Waals surface area contributed by atoms with Crippen molar-refractivity contribution in [1.29, 1.82) is 0 Å². The summed E-state index contributed by atoms with van der Waals surface area (Å²) in [6.07, 6.45) is 1.64. The van der Waals surface area contributed by atoms with E-state index in [9.17, 15) is 15.2 Å². The zero-order valence-electron chi connectivity index (χ0n) is 12.8. The molecule has 1 heterocycles. The molecule has 1 rings (SSSR count). The van der Waals surface area contributed by atoms with Crippen LogP contribution in [0.25, 0.3) is 0 Å². The highest BCUT2D eigenvalue weighted by Crippen LogP contribution is 2.27. The van der Waals surface area contributed by atoms with Gasteiger partial charge in [0.2, 0.25) is 0 Å². The quantitative estimate of drug-likeness (QED) is 0.478. The van der Waals surface area contributed by atoms with Crippen molar-refractivity contribution in [2.24, 2.45) is 5.41 Å². The fourth-order valence-electron chi connectivity index (χ4n) is 2.04. The predicted octanol–water partition coefficient (Wildman–Crippen LogP) is 2.63. The summed E-state index contributed by atoms with van der Waals surface area (Å²) in [6.45, 7) is 7.17. The molecule has 1 aromatic rings. The summed E-state index contributed by atoms with van der Waals surface area (Å²) in [6, 6.07) is 2.82. The monoisotopic (exact) mass is 296 g/mol. The molecule has 0 unspecified atom stereocenters. The highest BCUT2D eigenvalue weighted by Gasteiger charge is 2.25. The number of aliphatic hydroxyl groups excluding tert-OH is 1. The third-order valence-electron chi connectivity index (χ3n) is 3.86. The summed E-state index contributed by atoms with van der Waals surface area (Å²) in [7, 11) is 0. The Kier molecular flexibility index (Phi) is 6.36. The van der Waals surface area contributed by atoms with Gasteiger partial charge in [-0.1, -0.05) is 13.8 Å². The molecule has 118 valence electrons. The van der Waals surface area contributed by atoms with Crippen LogP contribution in [0.5, 0.6) is 0 Å². The molecule has 0 bridgehead atoms. The minimum atomic E-state index is -0.438. The van der Waals surface area contributed by atoms with Crippen LogP contribution in [0.3, 0.4) is 0 Å².